The van der Waals surface area contributed by atoms with Crippen molar-refractivity contribution in [3.63, 3.8) is 0 Å². The van der Waals surface area contributed by atoms with E-state index in [1.807, 2.05) is 38.1 Å². The molecule has 2 N–H and O–H groups in total. The Morgan fingerprint density at radius 1 is 1.20 bits per heavy atom. The molecule has 20 heavy (non-hydrogen) atoms. The summed E-state index contributed by atoms with van der Waals surface area (Å²) in [5, 5.41) is 6.39. The average Bonchev–Trinajstić information content (AvgIpc) is 2.39. The summed E-state index contributed by atoms with van der Waals surface area (Å²) in [6.07, 6.45) is 0.0495. The molecule has 0 saturated heterocycles. The molecule has 0 aliphatic rings. The first-order chi connectivity index (χ1) is 9.17. The minimum absolute atomic E-state index is 0. The van der Waals surface area contributed by atoms with Crippen molar-refractivity contribution >= 4 is 29.9 Å². The summed E-state index contributed by atoms with van der Waals surface area (Å²) in [5.41, 5.74) is 1.15. The molecule has 0 fully saturated rings. The molecular formula is C15H26IN3O. The second-order valence-electron chi connectivity index (χ2n) is 4.44. The van der Waals surface area contributed by atoms with Crippen LogP contribution in [0.2, 0.25) is 0 Å². The summed E-state index contributed by atoms with van der Waals surface area (Å²) < 4.78 is 5.89. The van der Waals surface area contributed by atoms with Crippen LogP contribution in [0.1, 0.15) is 26.3 Å². The van der Waals surface area contributed by atoms with Crippen molar-refractivity contribution in [1.82, 2.24) is 10.6 Å². The van der Waals surface area contributed by atoms with Gasteiger partial charge in [-0.1, -0.05) is 18.2 Å². The summed E-state index contributed by atoms with van der Waals surface area (Å²) in [7, 11) is 0. The first kappa shape index (κ1) is 19.0. The maximum Gasteiger partial charge on any atom is 0.191 e. The van der Waals surface area contributed by atoms with E-state index in [0.717, 1.165) is 30.4 Å². The van der Waals surface area contributed by atoms with Crippen LogP contribution >= 0.6 is 24.0 Å². The van der Waals surface area contributed by atoms with Gasteiger partial charge in [-0.3, -0.25) is 0 Å². The lowest BCUT2D eigenvalue weighted by Crippen LogP contribution is -2.37. The van der Waals surface area contributed by atoms with Gasteiger partial charge >= 0.3 is 0 Å². The Morgan fingerprint density at radius 2 is 1.80 bits per heavy atom. The second kappa shape index (κ2) is 10.8. The Labute approximate surface area is 139 Å². The lowest BCUT2D eigenvalue weighted by molar-refractivity contribution is 0.228. The topological polar surface area (TPSA) is 45.7 Å². The molecule has 5 heteroatoms. The molecule has 1 unspecified atom stereocenters. The number of aliphatic imine (C=N–C) groups is 1. The molecule has 0 bridgehead atoms. The molecule has 0 saturated carbocycles. The summed E-state index contributed by atoms with van der Waals surface area (Å²) in [6, 6.07) is 8.04. The molecule has 4 nitrogen and oxygen atoms in total. The Morgan fingerprint density at radius 3 is 2.35 bits per heavy atom. The Kier molecular flexibility index (Phi) is 10.2. The minimum Gasteiger partial charge on any atom is -0.489 e. The van der Waals surface area contributed by atoms with Gasteiger partial charge in [0.2, 0.25) is 0 Å². The highest BCUT2D eigenvalue weighted by atomic mass is 127. The average molecular weight is 391 g/mol. The number of hydrogen-bond acceptors (Lipinski definition) is 2. The van der Waals surface area contributed by atoms with E-state index in [-0.39, 0.29) is 30.1 Å². The van der Waals surface area contributed by atoms with Crippen molar-refractivity contribution in [3.05, 3.63) is 29.8 Å². The van der Waals surface area contributed by atoms with Crippen molar-refractivity contribution in [1.29, 1.82) is 0 Å². The van der Waals surface area contributed by atoms with Gasteiger partial charge < -0.3 is 15.4 Å². The van der Waals surface area contributed by atoms with Gasteiger partial charge in [0.1, 0.15) is 11.9 Å². The van der Waals surface area contributed by atoms with Crippen LogP contribution in [0, 0.1) is 6.92 Å². The van der Waals surface area contributed by atoms with Crippen molar-refractivity contribution in [2.45, 2.75) is 33.8 Å². The fraction of sp³-hybridized carbons (Fsp3) is 0.533. The maximum absolute atomic E-state index is 5.89. The van der Waals surface area contributed by atoms with E-state index in [2.05, 4.69) is 29.5 Å². The van der Waals surface area contributed by atoms with Crippen LogP contribution in [-0.2, 0) is 0 Å². The predicted octanol–water partition coefficient (Wildman–Crippen LogP) is 2.96. The van der Waals surface area contributed by atoms with Crippen LogP contribution in [0.4, 0.5) is 0 Å². The second-order valence-corrected chi connectivity index (χ2v) is 4.44. The summed E-state index contributed by atoms with van der Waals surface area (Å²) in [5.74, 6) is 1.77. The van der Waals surface area contributed by atoms with Crippen LogP contribution in [0.5, 0.6) is 5.75 Å². The molecular weight excluding hydrogens is 365 g/mol. The van der Waals surface area contributed by atoms with Crippen LogP contribution in [0.15, 0.2) is 29.3 Å². The van der Waals surface area contributed by atoms with Crippen LogP contribution < -0.4 is 15.4 Å². The highest BCUT2D eigenvalue weighted by molar-refractivity contribution is 14.0. The molecule has 114 valence electrons. The van der Waals surface area contributed by atoms with Gasteiger partial charge in [-0.15, -0.1) is 24.0 Å². The molecule has 1 aromatic carbocycles. The molecule has 1 atom stereocenters. The number of nitrogens with one attached hydrogen (secondary N) is 2. The van der Waals surface area contributed by atoms with E-state index in [1.54, 1.807) is 0 Å². The van der Waals surface area contributed by atoms with Crippen molar-refractivity contribution in [2.75, 3.05) is 19.6 Å². The predicted molar refractivity (Wildman–Crippen MR) is 96.3 cm³/mol. The third-order valence-electron chi connectivity index (χ3n) is 2.62. The zero-order chi connectivity index (χ0) is 14.1. The van der Waals surface area contributed by atoms with Crippen molar-refractivity contribution in [3.8, 4) is 5.75 Å². The van der Waals surface area contributed by atoms with E-state index in [9.17, 15) is 0 Å². The van der Waals surface area contributed by atoms with Gasteiger partial charge in [0.25, 0.3) is 0 Å². The largest absolute Gasteiger partial charge is 0.489 e. The van der Waals surface area contributed by atoms with Crippen LogP contribution in [0.3, 0.4) is 0 Å². The maximum atomic E-state index is 5.89. The number of rotatable bonds is 6. The van der Waals surface area contributed by atoms with E-state index >= 15 is 0 Å². The summed E-state index contributed by atoms with van der Waals surface area (Å²) >= 11 is 0. The number of ether oxygens (including phenoxy) is 1. The number of hydrogen-bond donors (Lipinski definition) is 2. The smallest absolute Gasteiger partial charge is 0.191 e. The molecule has 0 aliphatic heterocycles. The number of para-hydroxylation sites is 1. The van der Waals surface area contributed by atoms with Gasteiger partial charge in [-0.2, -0.15) is 0 Å². The normalized spacial score (nSPS) is 11.0. The third-order valence-corrected chi connectivity index (χ3v) is 2.62. The number of aryl methyl sites for hydroxylation is 1. The van der Waals surface area contributed by atoms with Crippen molar-refractivity contribution in [2.24, 2.45) is 4.99 Å². The molecule has 0 radical (unpaired) electrons. The first-order valence-electron chi connectivity index (χ1n) is 6.91. The number of benzene rings is 1. The standard InChI is InChI=1S/C15H25N3O.HI/c1-5-16-15(17-6-2)18-11-13(4)19-14-10-8-7-9-12(14)3;/h7-10,13H,5-6,11H2,1-4H3,(H2,16,17,18);1H. The Bertz CT molecular complexity index is 402. The molecule has 0 aliphatic carbocycles. The summed E-state index contributed by atoms with van der Waals surface area (Å²) in [4.78, 5) is 4.50. The molecule has 0 aromatic heterocycles. The van der Waals surface area contributed by atoms with Crippen molar-refractivity contribution < 1.29 is 4.74 Å². The highest BCUT2D eigenvalue weighted by Crippen LogP contribution is 2.17. The van der Waals surface area contributed by atoms with Gasteiger partial charge in [-0.25, -0.2) is 4.99 Å². The molecule has 0 heterocycles. The SMILES string of the molecule is CCNC(=NCC(C)Oc1ccccc1C)NCC.I. The molecule has 0 spiro atoms. The van der Waals surface area contributed by atoms with E-state index in [1.165, 1.54) is 0 Å². The monoisotopic (exact) mass is 391 g/mol. The quantitative estimate of drug-likeness (QED) is 0.445. The lowest BCUT2D eigenvalue weighted by Gasteiger charge is -2.16. The number of halogens is 1. The number of guanidine groups is 1. The third kappa shape index (κ3) is 6.98. The lowest BCUT2D eigenvalue weighted by atomic mass is 10.2. The molecule has 1 rings (SSSR count). The van der Waals surface area contributed by atoms with Gasteiger partial charge in [0.05, 0.1) is 6.54 Å². The Balaban J connectivity index is 0.00000361. The van der Waals surface area contributed by atoms with Gasteiger partial charge in [0.15, 0.2) is 5.96 Å². The first-order valence-corrected chi connectivity index (χ1v) is 6.91. The van der Waals surface area contributed by atoms with E-state index in [0.29, 0.717) is 6.54 Å². The van der Waals surface area contributed by atoms with Crippen LogP contribution in [-0.4, -0.2) is 31.7 Å². The fourth-order valence-electron chi connectivity index (χ4n) is 1.67. The summed E-state index contributed by atoms with van der Waals surface area (Å²) in [6.45, 7) is 10.5. The zero-order valence-electron chi connectivity index (χ0n) is 12.8. The zero-order valence-corrected chi connectivity index (χ0v) is 15.1. The Hall–Kier alpha value is -0.980. The van der Waals surface area contributed by atoms with Gasteiger partial charge in [-0.05, 0) is 39.3 Å². The number of nitrogens with zero attached hydrogens (tertiary/aromatic N) is 1. The molecule has 0 amide bonds. The highest BCUT2D eigenvalue weighted by Gasteiger charge is 2.05. The molecule has 1 aromatic rings. The van der Waals surface area contributed by atoms with Gasteiger partial charge in [0, 0.05) is 13.1 Å². The van der Waals surface area contributed by atoms with Crippen LogP contribution in [0.25, 0.3) is 0 Å². The van der Waals surface area contributed by atoms with E-state index < -0.39 is 0 Å². The van der Waals surface area contributed by atoms with E-state index in [4.69, 9.17) is 4.74 Å². The minimum atomic E-state index is 0. The fourth-order valence-corrected chi connectivity index (χ4v) is 1.67.